The number of rotatable bonds is 7. The van der Waals surface area contributed by atoms with Gasteiger partial charge in [0.1, 0.15) is 0 Å². The van der Waals surface area contributed by atoms with Crippen LogP contribution in [-0.2, 0) is 0 Å². The fourth-order valence-corrected chi connectivity index (χ4v) is 2.26. The highest BCUT2D eigenvalue weighted by Gasteiger charge is 2.14. The molecule has 1 aromatic carbocycles. The molecule has 0 radical (unpaired) electrons. The lowest BCUT2D eigenvalue weighted by atomic mass is 9.85. The molecule has 0 aliphatic carbocycles. The van der Waals surface area contributed by atoms with Gasteiger partial charge in [-0.25, -0.2) is 0 Å². The quantitative estimate of drug-likeness (QED) is 0.703. The summed E-state index contributed by atoms with van der Waals surface area (Å²) < 4.78 is 0. The first kappa shape index (κ1) is 15.2. The standard InChI is InChI=1S/C17H29N/c1-6-10-18-11-9-14(3)16(5)17-8-7-13(2)15(4)12-17/h7-8,12,14,16,18H,6,9-11H2,1-5H3. The van der Waals surface area contributed by atoms with Crippen LogP contribution in [0, 0.1) is 19.8 Å². The minimum absolute atomic E-state index is 0.646. The van der Waals surface area contributed by atoms with Gasteiger partial charge in [0.25, 0.3) is 0 Å². The lowest BCUT2D eigenvalue weighted by Crippen LogP contribution is -2.20. The van der Waals surface area contributed by atoms with Crippen molar-refractivity contribution in [3.05, 3.63) is 34.9 Å². The Hall–Kier alpha value is -0.820. The molecule has 0 aliphatic rings. The van der Waals surface area contributed by atoms with Crippen molar-refractivity contribution >= 4 is 0 Å². The summed E-state index contributed by atoms with van der Waals surface area (Å²) in [5.41, 5.74) is 4.29. The van der Waals surface area contributed by atoms with Gasteiger partial charge in [-0.2, -0.15) is 0 Å². The summed E-state index contributed by atoms with van der Waals surface area (Å²) in [6, 6.07) is 6.90. The smallest absolute Gasteiger partial charge is 0.00462 e. The van der Waals surface area contributed by atoms with Crippen molar-refractivity contribution in [2.45, 2.75) is 53.4 Å². The molecule has 102 valence electrons. The molecule has 18 heavy (non-hydrogen) atoms. The predicted octanol–water partition coefficient (Wildman–Crippen LogP) is 4.43. The van der Waals surface area contributed by atoms with Gasteiger partial charge in [-0.05, 0) is 68.3 Å². The van der Waals surface area contributed by atoms with Crippen LogP contribution in [0.3, 0.4) is 0 Å². The topological polar surface area (TPSA) is 12.0 Å². The number of nitrogens with one attached hydrogen (secondary N) is 1. The second kappa shape index (κ2) is 7.58. The van der Waals surface area contributed by atoms with E-state index in [-0.39, 0.29) is 0 Å². The maximum Gasteiger partial charge on any atom is -0.00462 e. The van der Waals surface area contributed by atoms with Gasteiger partial charge >= 0.3 is 0 Å². The van der Waals surface area contributed by atoms with E-state index in [4.69, 9.17) is 0 Å². The predicted molar refractivity (Wildman–Crippen MR) is 81.3 cm³/mol. The van der Waals surface area contributed by atoms with E-state index in [1.807, 2.05) is 0 Å². The van der Waals surface area contributed by atoms with Crippen LogP contribution in [0.4, 0.5) is 0 Å². The maximum atomic E-state index is 3.49. The molecule has 0 aliphatic heterocycles. The molecule has 1 heteroatoms. The molecule has 0 fully saturated rings. The first-order valence-corrected chi connectivity index (χ1v) is 7.34. The second-order valence-corrected chi connectivity index (χ2v) is 5.65. The van der Waals surface area contributed by atoms with Crippen LogP contribution in [0.25, 0.3) is 0 Å². The van der Waals surface area contributed by atoms with Gasteiger partial charge in [0.2, 0.25) is 0 Å². The zero-order chi connectivity index (χ0) is 13.5. The third-order valence-corrected chi connectivity index (χ3v) is 4.11. The summed E-state index contributed by atoms with van der Waals surface area (Å²) in [4.78, 5) is 0. The molecule has 0 spiro atoms. The largest absolute Gasteiger partial charge is 0.317 e. The first-order chi connectivity index (χ1) is 8.56. The van der Waals surface area contributed by atoms with E-state index < -0.39 is 0 Å². The Morgan fingerprint density at radius 3 is 2.39 bits per heavy atom. The molecular formula is C17H29N. The number of hydrogen-bond donors (Lipinski definition) is 1. The molecular weight excluding hydrogens is 218 g/mol. The van der Waals surface area contributed by atoms with Gasteiger partial charge in [-0.1, -0.05) is 39.0 Å². The van der Waals surface area contributed by atoms with Gasteiger partial charge in [-0.15, -0.1) is 0 Å². The second-order valence-electron chi connectivity index (χ2n) is 5.65. The lowest BCUT2D eigenvalue weighted by molar-refractivity contribution is 0.437. The fourth-order valence-electron chi connectivity index (χ4n) is 2.26. The zero-order valence-electron chi connectivity index (χ0n) is 12.7. The average molecular weight is 247 g/mol. The monoisotopic (exact) mass is 247 g/mol. The molecule has 0 heterocycles. The highest BCUT2D eigenvalue weighted by molar-refractivity contribution is 5.31. The van der Waals surface area contributed by atoms with Crippen molar-refractivity contribution < 1.29 is 0 Å². The highest BCUT2D eigenvalue weighted by Crippen LogP contribution is 2.27. The molecule has 1 aromatic rings. The van der Waals surface area contributed by atoms with Crippen LogP contribution in [0.5, 0.6) is 0 Å². The van der Waals surface area contributed by atoms with Crippen LogP contribution >= 0.6 is 0 Å². The average Bonchev–Trinajstić information content (AvgIpc) is 2.37. The first-order valence-electron chi connectivity index (χ1n) is 7.34. The molecule has 2 atom stereocenters. The Morgan fingerprint density at radius 2 is 1.78 bits per heavy atom. The Kier molecular flexibility index (Phi) is 6.42. The Morgan fingerprint density at radius 1 is 1.06 bits per heavy atom. The summed E-state index contributed by atoms with van der Waals surface area (Å²) >= 11 is 0. The molecule has 1 nitrogen and oxygen atoms in total. The zero-order valence-corrected chi connectivity index (χ0v) is 12.7. The van der Waals surface area contributed by atoms with Crippen molar-refractivity contribution in [3.8, 4) is 0 Å². The van der Waals surface area contributed by atoms with Crippen LogP contribution in [0.2, 0.25) is 0 Å². The van der Waals surface area contributed by atoms with Gasteiger partial charge in [0.15, 0.2) is 0 Å². The van der Waals surface area contributed by atoms with E-state index in [0.717, 1.165) is 19.0 Å². The van der Waals surface area contributed by atoms with Crippen molar-refractivity contribution in [2.24, 2.45) is 5.92 Å². The molecule has 0 amide bonds. The molecule has 0 saturated heterocycles. The third kappa shape index (κ3) is 4.45. The maximum absolute atomic E-state index is 3.49. The summed E-state index contributed by atoms with van der Waals surface area (Å²) in [7, 11) is 0. The van der Waals surface area contributed by atoms with E-state index in [1.165, 1.54) is 29.5 Å². The molecule has 1 rings (SSSR count). The van der Waals surface area contributed by atoms with Crippen LogP contribution in [-0.4, -0.2) is 13.1 Å². The molecule has 0 saturated carbocycles. The van der Waals surface area contributed by atoms with E-state index in [1.54, 1.807) is 0 Å². The van der Waals surface area contributed by atoms with Gasteiger partial charge in [0, 0.05) is 0 Å². The van der Waals surface area contributed by atoms with E-state index in [2.05, 4.69) is 58.1 Å². The van der Waals surface area contributed by atoms with Gasteiger partial charge in [-0.3, -0.25) is 0 Å². The fraction of sp³-hybridized carbons (Fsp3) is 0.647. The Labute approximate surface area is 113 Å². The summed E-state index contributed by atoms with van der Waals surface area (Å²) in [5.74, 6) is 1.38. The van der Waals surface area contributed by atoms with Crippen molar-refractivity contribution in [2.75, 3.05) is 13.1 Å². The minimum Gasteiger partial charge on any atom is -0.317 e. The van der Waals surface area contributed by atoms with Crippen molar-refractivity contribution in [1.82, 2.24) is 5.32 Å². The van der Waals surface area contributed by atoms with Crippen LogP contribution in [0.15, 0.2) is 18.2 Å². The Balaban J connectivity index is 2.51. The van der Waals surface area contributed by atoms with Gasteiger partial charge < -0.3 is 5.32 Å². The third-order valence-electron chi connectivity index (χ3n) is 4.11. The number of benzene rings is 1. The molecule has 2 unspecified atom stereocenters. The SMILES string of the molecule is CCCNCCC(C)C(C)c1ccc(C)c(C)c1. The Bertz CT molecular complexity index is 357. The van der Waals surface area contributed by atoms with Crippen LogP contribution in [0.1, 0.15) is 56.2 Å². The van der Waals surface area contributed by atoms with Crippen molar-refractivity contribution in [3.63, 3.8) is 0 Å². The molecule has 1 N–H and O–H groups in total. The van der Waals surface area contributed by atoms with E-state index >= 15 is 0 Å². The van der Waals surface area contributed by atoms with E-state index in [0.29, 0.717) is 5.92 Å². The molecule has 0 aromatic heterocycles. The lowest BCUT2D eigenvalue weighted by Gasteiger charge is -2.21. The van der Waals surface area contributed by atoms with Crippen molar-refractivity contribution in [1.29, 1.82) is 0 Å². The summed E-state index contributed by atoms with van der Waals surface area (Å²) in [6.07, 6.45) is 2.48. The summed E-state index contributed by atoms with van der Waals surface area (Å²) in [6.45, 7) is 13.6. The van der Waals surface area contributed by atoms with Crippen LogP contribution < -0.4 is 5.32 Å². The number of aryl methyl sites for hydroxylation is 2. The molecule has 0 bridgehead atoms. The normalized spacial score (nSPS) is 14.5. The van der Waals surface area contributed by atoms with Gasteiger partial charge in [0.05, 0.1) is 0 Å². The minimum atomic E-state index is 0.646. The van der Waals surface area contributed by atoms with E-state index in [9.17, 15) is 0 Å². The summed E-state index contributed by atoms with van der Waals surface area (Å²) in [5, 5.41) is 3.49. The number of hydrogen-bond acceptors (Lipinski definition) is 1. The highest BCUT2D eigenvalue weighted by atomic mass is 14.8.